The van der Waals surface area contributed by atoms with Gasteiger partial charge >= 0.3 is 0 Å². The number of aromatic nitrogens is 1. The molecular formula is C8H8ClN. The minimum absolute atomic E-state index is 0.898. The molecule has 1 aromatic rings. The molecule has 0 unspecified atom stereocenters. The van der Waals surface area contributed by atoms with Crippen molar-refractivity contribution in [2.24, 2.45) is 0 Å². The molecule has 0 aliphatic heterocycles. The maximum atomic E-state index is 5.37. The zero-order valence-electron chi connectivity index (χ0n) is 5.71. The maximum absolute atomic E-state index is 5.37. The molecule has 0 bridgehead atoms. The Hall–Kier alpha value is -0.820. The second kappa shape index (κ2) is 3.37. The molecule has 0 aliphatic rings. The third-order valence-corrected chi connectivity index (χ3v) is 1.27. The van der Waals surface area contributed by atoms with Crippen LogP contribution in [-0.2, 0) is 0 Å². The van der Waals surface area contributed by atoms with Gasteiger partial charge in [0.15, 0.2) is 0 Å². The molecule has 10 heavy (non-hydrogen) atoms. The summed E-state index contributed by atoms with van der Waals surface area (Å²) in [6.45, 7) is 1.95. The molecule has 0 saturated carbocycles. The Kier molecular flexibility index (Phi) is 2.46. The second-order valence-electron chi connectivity index (χ2n) is 2.00. The van der Waals surface area contributed by atoms with Crippen LogP contribution in [0.1, 0.15) is 11.4 Å². The molecule has 0 atom stereocenters. The summed E-state index contributed by atoms with van der Waals surface area (Å²) in [5.74, 6) is 0. The highest BCUT2D eigenvalue weighted by molar-refractivity contribution is 6.27. The second-order valence-corrected chi connectivity index (χ2v) is 2.25. The smallest absolute Gasteiger partial charge is 0.0641 e. The van der Waals surface area contributed by atoms with Gasteiger partial charge in [-0.05, 0) is 25.1 Å². The average Bonchev–Trinajstić information content (AvgIpc) is 1.88. The number of hydrogen-bond donors (Lipinski definition) is 0. The van der Waals surface area contributed by atoms with Crippen LogP contribution in [0, 0.1) is 6.92 Å². The first-order valence-electron chi connectivity index (χ1n) is 3.03. The predicted octanol–water partition coefficient (Wildman–Crippen LogP) is 2.60. The van der Waals surface area contributed by atoms with Crippen molar-refractivity contribution < 1.29 is 0 Å². The van der Waals surface area contributed by atoms with E-state index in [-0.39, 0.29) is 0 Å². The maximum Gasteiger partial charge on any atom is 0.0641 e. The van der Waals surface area contributed by atoms with E-state index in [1.165, 1.54) is 5.54 Å². The number of hydrogen-bond acceptors (Lipinski definition) is 1. The summed E-state index contributed by atoms with van der Waals surface area (Å²) in [6.07, 6.45) is 1.76. The molecule has 1 aromatic heterocycles. The fourth-order valence-corrected chi connectivity index (χ4v) is 0.851. The fraction of sp³-hybridized carbons (Fsp3) is 0.125. The average molecular weight is 154 g/mol. The van der Waals surface area contributed by atoms with Gasteiger partial charge in [0, 0.05) is 11.2 Å². The van der Waals surface area contributed by atoms with E-state index in [9.17, 15) is 0 Å². The van der Waals surface area contributed by atoms with Gasteiger partial charge in [0.05, 0.1) is 5.69 Å². The normalized spacial score (nSPS) is 10.6. The minimum atomic E-state index is 0.898. The van der Waals surface area contributed by atoms with Crippen molar-refractivity contribution in [3.63, 3.8) is 0 Å². The van der Waals surface area contributed by atoms with Crippen molar-refractivity contribution >= 4 is 17.7 Å². The zero-order chi connectivity index (χ0) is 7.40. The summed E-state index contributed by atoms with van der Waals surface area (Å²) < 4.78 is 0. The van der Waals surface area contributed by atoms with Crippen LogP contribution in [-0.4, -0.2) is 4.98 Å². The zero-order valence-corrected chi connectivity index (χ0v) is 6.47. The van der Waals surface area contributed by atoms with E-state index in [2.05, 4.69) is 4.98 Å². The van der Waals surface area contributed by atoms with Gasteiger partial charge in [-0.2, -0.15) is 0 Å². The Balaban J connectivity index is 2.95. The highest BCUT2D eigenvalue weighted by atomic mass is 35.5. The summed E-state index contributed by atoms with van der Waals surface area (Å²) in [6, 6.07) is 5.81. The van der Waals surface area contributed by atoms with Crippen LogP contribution in [0.4, 0.5) is 0 Å². The standard InChI is InChI=1S/C8H8ClN/c1-7-3-2-4-8(10-7)5-6-9/h2-6H,1H3/b6-5-. The van der Waals surface area contributed by atoms with Gasteiger partial charge < -0.3 is 0 Å². The number of pyridine rings is 1. The molecule has 0 aromatic carbocycles. The van der Waals surface area contributed by atoms with Gasteiger partial charge in [-0.3, -0.25) is 4.98 Å². The van der Waals surface area contributed by atoms with Gasteiger partial charge in [0.25, 0.3) is 0 Å². The van der Waals surface area contributed by atoms with Crippen LogP contribution in [0.3, 0.4) is 0 Å². The van der Waals surface area contributed by atoms with Crippen molar-refractivity contribution in [2.45, 2.75) is 6.92 Å². The highest BCUT2D eigenvalue weighted by Gasteiger charge is 1.86. The molecule has 0 aliphatic carbocycles. The van der Waals surface area contributed by atoms with Crippen molar-refractivity contribution in [2.75, 3.05) is 0 Å². The van der Waals surface area contributed by atoms with E-state index < -0.39 is 0 Å². The molecule has 0 amide bonds. The lowest BCUT2D eigenvalue weighted by Crippen LogP contribution is -1.82. The Bertz CT molecular complexity index is 243. The molecule has 0 saturated heterocycles. The third kappa shape index (κ3) is 1.85. The lowest BCUT2D eigenvalue weighted by atomic mass is 10.3. The van der Waals surface area contributed by atoms with E-state index in [1.807, 2.05) is 25.1 Å². The monoisotopic (exact) mass is 153 g/mol. The summed E-state index contributed by atoms with van der Waals surface area (Å²) in [7, 11) is 0. The first-order chi connectivity index (χ1) is 4.83. The van der Waals surface area contributed by atoms with Gasteiger partial charge in [-0.25, -0.2) is 0 Å². The first-order valence-corrected chi connectivity index (χ1v) is 3.47. The van der Waals surface area contributed by atoms with Crippen molar-refractivity contribution in [3.8, 4) is 0 Å². The van der Waals surface area contributed by atoms with Crippen molar-refractivity contribution in [3.05, 3.63) is 35.1 Å². The number of rotatable bonds is 1. The molecule has 1 rings (SSSR count). The third-order valence-electron chi connectivity index (χ3n) is 1.14. The molecule has 0 radical (unpaired) electrons. The summed E-state index contributed by atoms with van der Waals surface area (Å²) >= 11 is 5.37. The van der Waals surface area contributed by atoms with Crippen LogP contribution < -0.4 is 0 Å². The lowest BCUT2D eigenvalue weighted by molar-refractivity contribution is 1.18. The molecule has 0 spiro atoms. The number of halogens is 1. The quantitative estimate of drug-likeness (QED) is 0.605. The minimum Gasteiger partial charge on any atom is -0.254 e. The van der Waals surface area contributed by atoms with E-state index in [0.717, 1.165) is 11.4 Å². The Morgan fingerprint density at radius 3 is 2.90 bits per heavy atom. The Morgan fingerprint density at radius 2 is 2.30 bits per heavy atom. The molecule has 1 nitrogen and oxygen atoms in total. The van der Waals surface area contributed by atoms with Crippen LogP contribution in [0.2, 0.25) is 0 Å². The molecule has 2 heteroatoms. The van der Waals surface area contributed by atoms with Gasteiger partial charge in [-0.15, -0.1) is 0 Å². The Labute approximate surface area is 65.4 Å². The highest BCUT2D eigenvalue weighted by Crippen LogP contribution is 2.00. The van der Waals surface area contributed by atoms with Gasteiger partial charge in [0.1, 0.15) is 0 Å². The van der Waals surface area contributed by atoms with E-state index in [0.29, 0.717) is 0 Å². The fourth-order valence-electron chi connectivity index (χ4n) is 0.721. The number of nitrogens with zero attached hydrogens (tertiary/aromatic N) is 1. The molecule has 1 heterocycles. The largest absolute Gasteiger partial charge is 0.254 e. The first kappa shape index (κ1) is 7.29. The molecule has 0 N–H and O–H groups in total. The van der Waals surface area contributed by atoms with Crippen LogP contribution in [0.25, 0.3) is 6.08 Å². The van der Waals surface area contributed by atoms with Crippen molar-refractivity contribution in [1.29, 1.82) is 0 Å². The topological polar surface area (TPSA) is 12.9 Å². The SMILES string of the molecule is Cc1cccc(/C=C\Cl)n1. The van der Waals surface area contributed by atoms with E-state index in [4.69, 9.17) is 11.6 Å². The Morgan fingerprint density at radius 1 is 1.50 bits per heavy atom. The van der Waals surface area contributed by atoms with E-state index in [1.54, 1.807) is 6.08 Å². The van der Waals surface area contributed by atoms with Crippen LogP contribution in [0.5, 0.6) is 0 Å². The van der Waals surface area contributed by atoms with Gasteiger partial charge in [0.2, 0.25) is 0 Å². The van der Waals surface area contributed by atoms with Crippen LogP contribution in [0.15, 0.2) is 23.7 Å². The van der Waals surface area contributed by atoms with Gasteiger partial charge in [-0.1, -0.05) is 17.7 Å². The summed E-state index contributed by atoms with van der Waals surface area (Å²) in [5, 5.41) is 0. The number of aryl methyl sites for hydroxylation is 1. The predicted molar refractivity (Wildman–Crippen MR) is 43.9 cm³/mol. The molecular weight excluding hydrogens is 146 g/mol. The summed E-state index contributed by atoms with van der Waals surface area (Å²) in [5.41, 5.74) is 3.36. The molecule has 0 fully saturated rings. The summed E-state index contributed by atoms with van der Waals surface area (Å²) in [4.78, 5) is 4.19. The lowest BCUT2D eigenvalue weighted by Gasteiger charge is -1.92. The van der Waals surface area contributed by atoms with Crippen molar-refractivity contribution in [1.82, 2.24) is 4.98 Å². The van der Waals surface area contributed by atoms with E-state index >= 15 is 0 Å². The van der Waals surface area contributed by atoms with Crippen LogP contribution >= 0.6 is 11.6 Å². The molecule has 52 valence electrons.